The van der Waals surface area contributed by atoms with Crippen LogP contribution < -0.4 is 0 Å². The second-order valence-corrected chi connectivity index (χ2v) is 8.40. The van der Waals surface area contributed by atoms with Crippen molar-refractivity contribution in [3.8, 4) is 0 Å². The average molecular weight is 321 g/mol. The maximum absolute atomic E-state index is 12.3. The van der Waals surface area contributed by atoms with Gasteiger partial charge in [0.15, 0.2) is 9.84 Å². The Bertz CT molecular complexity index is 782. The molecule has 4 rings (SSSR count). The lowest BCUT2D eigenvalue weighted by Gasteiger charge is -2.43. The fraction of sp³-hybridized carbons (Fsp3) is 0.500. The van der Waals surface area contributed by atoms with Gasteiger partial charge in [0.25, 0.3) is 0 Å². The Kier molecular flexibility index (Phi) is 3.47. The summed E-state index contributed by atoms with van der Waals surface area (Å²) in [6.07, 6.45) is 2.57. The van der Waals surface area contributed by atoms with Gasteiger partial charge in [0.05, 0.1) is 18.6 Å². The van der Waals surface area contributed by atoms with Crippen LogP contribution in [0.25, 0.3) is 11.0 Å². The highest BCUT2D eigenvalue weighted by atomic mass is 32.2. The molecule has 0 bridgehead atoms. The fourth-order valence-corrected chi connectivity index (χ4v) is 5.48. The highest BCUT2D eigenvalue weighted by Gasteiger charge is 2.43. The summed E-state index contributed by atoms with van der Waals surface area (Å²) >= 11 is 0. The maximum atomic E-state index is 12.3. The van der Waals surface area contributed by atoms with Crippen molar-refractivity contribution in [3.63, 3.8) is 0 Å². The third kappa shape index (κ3) is 2.35. The number of benzene rings is 1. The zero-order valence-electron chi connectivity index (χ0n) is 12.3. The molecule has 0 radical (unpaired) electrons. The molecule has 2 atom stereocenters. The molecule has 5 nitrogen and oxygen atoms in total. The van der Waals surface area contributed by atoms with E-state index in [2.05, 4.69) is 11.0 Å². The molecule has 118 valence electrons. The van der Waals surface area contributed by atoms with Crippen LogP contribution in [-0.2, 0) is 21.1 Å². The topological polar surface area (TPSA) is 59.8 Å². The van der Waals surface area contributed by atoms with Gasteiger partial charge in [0.1, 0.15) is 10.8 Å². The van der Waals surface area contributed by atoms with Gasteiger partial charge in [0, 0.05) is 36.7 Å². The third-order valence-electron chi connectivity index (χ3n) is 4.80. The molecule has 0 N–H and O–H groups in total. The second kappa shape index (κ2) is 5.37. The number of sulfone groups is 1. The summed E-state index contributed by atoms with van der Waals surface area (Å²) in [4.78, 5) is 2.28. The first-order valence-electron chi connectivity index (χ1n) is 7.63. The van der Waals surface area contributed by atoms with Crippen molar-refractivity contribution in [3.05, 3.63) is 36.1 Å². The number of ether oxygens (including phenoxy) is 1. The van der Waals surface area contributed by atoms with Crippen LogP contribution in [0, 0.1) is 0 Å². The van der Waals surface area contributed by atoms with Crippen LogP contribution in [0.1, 0.15) is 12.0 Å². The maximum Gasteiger partial charge on any atom is 0.158 e. The Labute approximate surface area is 129 Å². The Morgan fingerprint density at radius 1 is 1.27 bits per heavy atom. The van der Waals surface area contributed by atoms with E-state index in [9.17, 15) is 8.42 Å². The standard InChI is InChI=1S/C16H19NO4S/c18-22(19)8-6-17(14-5-7-20-11-16(14)22)9-12-10-21-15-4-2-1-3-13(12)15/h1-4,10,14,16H,5-9,11H2. The van der Waals surface area contributed by atoms with Crippen LogP contribution in [0.2, 0.25) is 0 Å². The Morgan fingerprint density at radius 3 is 3.05 bits per heavy atom. The molecule has 0 spiro atoms. The summed E-state index contributed by atoms with van der Waals surface area (Å²) in [5.74, 6) is 0.216. The normalized spacial score (nSPS) is 28.5. The molecule has 3 heterocycles. The lowest BCUT2D eigenvalue weighted by atomic mass is 10.0. The van der Waals surface area contributed by atoms with E-state index in [0.29, 0.717) is 19.8 Å². The van der Waals surface area contributed by atoms with Crippen molar-refractivity contribution in [1.29, 1.82) is 0 Å². The Hall–Kier alpha value is -1.37. The zero-order chi connectivity index (χ0) is 15.2. The summed E-state index contributed by atoms with van der Waals surface area (Å²) in [6, 6.07) is 8.02. The van der Waals surface area contributed by atoms with Crippen molar-refractivity contribution in [2.24, 2.45) is 0 Å². The molecule has 6 heteroatoms. The first-order chi connectivity index (χ1) is 10.6. The van der Waals surface area contributed by atoms with Crippen molar-refractivity contribution in [1.82, 2.24) is 4.90 Å². The van der Waals surface area contributed by atoms with Crippen molar-refractivity contribution < 1.29 is 17.6 Å². The van der Waals surface area contributed by atoms with Crippen LogP contribution in [0.4, 0.5) is 0 Å². The van der Waals surface area contributed by atoms with Gasteiger partial charge in [0.2, 0.25) is 0 Å². The number of para-hydroxylation sites is 1. The SMILES string of the molecule is O=S1(=O)CCN(Cc2coc3ccccc23)C2CCOCC21. The summed E-state index contributed by atoms with van der Waals surface area (Å²) in [7, 11) is -3.03. The smallest absolute Gasteiger partial charge is 0.158 e. The minimum Gasteiger partial charge on any atom is -0.464 e. The lowest BCUT2D eigenvalue weighted by Crippen LogP contribution is -2.58. The lowest BCUT2D eigenvalue weighted by molar-refractivity contribution is 0.0314. The van der Waals surface area contributed by atoms with E-state index in [1.807, 2.05) is 18.2 Å². The minimum atomic E-state index is -3.03. The van der Waals surface area contributed by atoms with Gasteiger partial charge in [-0.05, 0) is 12.5 Å². The van der Waals surface area contributed by atoms with Gasteiger partial charge in [-0.15, -0.1) is 0 Å². The summed E-state index contributed by atoms with van der Waals surface area (Å²) in [5.41, 5.74) is 2.01. The molecule has 1 aromatic heterocycles. The fourth-order valence-electron chi connectivity index (χ4n) is 3.59. The van der Waals surface area contributed by atoms with E-state index >= 15 is 0 Å². The van der Waals surface area contributed by atoms with Crippen LogP contribution in [0.5, 0.6) is 0 Å². The van der Waals surface area contributed by atoms with Crippen molar-refractivity contribution in [2.45, 2.75) is 24.3 Å². The van der Waals surface area contributed by atoms with Crippen LogP contribution in [0.3, 0.4) is 0 Å². The summed E-state index contributed by atoms with van der Waals surface area (Å²) < 4.78 is 35.5. The quantitative estimate of drug-likeness (QED) is 0.844. The highest BCUT2D eigenvalue weighted by molar-refractivity contribution is 7.92. The number of fused-ring (bicyclic) bond motifs is 2. The van der Waals surface area contributed by atoms with E-state index in [4.69, 9.17) is 9.15 Å². The van der Waals surface area contributed by atoms with Gasteiger partial charge in [-0.25, -0.2) is 8.42 Å². The van der Waals surface area contributed by atoms with E-state index in [1.54, 1.807) is 6.26 Å². The van der Waals surface area contributed by atoms with Gasteiger partial charge in [-0.3, -0.25) is 4.90 Å². The van der Waals surface area contributed by atoms with E-state index in [0.717, 1.165) is 29.5 Å². The van der Waals surface area contributed by atoms with Crippen LogP contribution in [0.15, 0.2) is 34.9 Å². The number of furan rings is 1. The molecule has 2 aliphatic rings. The molecule has 22 heavy (non-hydrogen) atoms. The molecule has 2 aromatic rings. The number of rotatable bonds is 2. The van der Waals surface area contributed by atoms with E-state index < -0.39 is 9.84 Å². The average Bonchev–Trinajstić information content (AvgIpc) is 2.94. The van der Waals surface area contributed by atoms with E-state index in [1.165, 1.54) is 0 Å². The van der Waals surface area contributed by atoms with Crippen LogP contribution in [-0.4, -0.2) is 50.1 Å². The monoisotopic (exact) mass is 321 g/mol. The molecule has 2 saturated heterocycles. The van der Waals surface area contributed by atoms with Gasteiger partial charge in [-0.1, -0.05) is 18.2 Å². The van der Waals surface area contributed by atoms with Gasteiger partial charge < -0.3 is 9.15 Å². The minimum absolute atomic E-state index is 0.0566. The molecule has 2 aliphatic heterocycles. The highest BCUT2D eigenvalue weighted by Crippen LogP contribution is 2.29. The van der Waals surface area contributed by atoms with Crippen molar-refractivity contribution in [2.75, 3.05) is 25.5 Å². The van der Waals surface area contributed by atoms with E-state index in [-0.39, 0.29) is 17.0 Å². The molecule has 0 amide bonds. The Morgan fingerprint density at radius 2 is 2.14 bits per heavy atom. The Balaban J connectivity index is 1.62. The molecule has 2 unspecified atom stereocenters. The number of hydrogen-bond donors (Lipinski definition) is 0. The molecule has 1 aromatic carbocycles. The number of hydrogen-bond acceptors (Lipinski definition) is 5. The van der Waals surface area contributed by atoms with Crippen LogP contribution >= 0.6 is 0 Å². The zero-order valence-corrected chi connectivity index (χ0v) is 13.1. The molecule has 2 fully saturated rings. The first-order valence-corrected chi connectivity index (χ1v) is 9.35. The largest absolute Gasteiger partial charge is 0.464 e. The second-order valence-electron chi connectivity index (χ2n) is 6.06. The molecular weight excluding hydrogens is 302 g/mol. The van der Waals surface area contributed by atoms with Crippen molar-refractivity contribution >= 4 is 20.8 Å². The molecule has 0 aliphatic carbocycles. The van der Waals surface area contributed by atoms with Gasteiger partial charge >= 0.3 is 0 Å². The predicted molar refractivity (Wildman–Crippen MR) is 83.4 cm³/mol. The van der Waals surface area contributed by atoms with Gasteiger partial charge in [-0.2, -0.15) is 0 Å². The summed E-state index contributed by atoms with van der Waals surface area (Å²) in [5, 5.41) is 0.729. The predicted octanol–water partition coefficient (Wildman–Crippen LogP) is 1.82. The third-order valence-corrected chi connectivity index (χ3v) is 6.92. The number of nitrogens with zero attached hydrogens (tertiary/aromatic N) is 1. The summed E-state index contributed by atoms with van der Waals surface area (Å²) in [6.45, 7) is 2.28. The first kappa shape index (κ1) is 14.2. The molecule has 0 saturated carbocycles. The molecular formula is C16H19NO4S.